The van der Waals surface area contributed by atoms with Gasteiger partial charge in [-0.25, -0.2) is 0 Å². The lowest BCUT2D eigenvalue weighted by Gasteiger charge is -2.09. The van der Waals surface area contributed by atoms with E-state index in [4.69, 9.17) is 9.47 Å². The number of pyridine rings is 1. The average Bonchev–Trinajstić information content (AvgIpc) is 3.18. The van der Waals surface area contributed by atoms with Gasteiger partial charge in [-0.2, -0.15) is 0 Å². The second-order valence-corrected chi connectivity index (χ2v) is 7.38. The maximum atomic E-state index is 12.4. The summed E-state index contributed by atoms with van der Waals surface area (Å²) in [7, 11) is 0. The van der Waals surface area contributed by atoms with Crippen LogP contribution in [0.25, 0.3) is 10.9 Å². The number of hydrogen-bond donors (Lipinski definition) is 2. The van der Waals surface area contributed by atoms with Crippen molar-refractivity contribution in [3.8, 4) is 11.5 Å². The maximum Gasteiger partial charge on any atom is 0.251 e. The molecule has 6 heteroatoms. The standard InChI is InChI=1S/C23H24N2O4/c1-14-3-6-17-12-18(23(27)25-22(17)15(14)2)9-10-24-21(26)8-5-16-4-7-19-20(11-16)29-13-28-19/h3-4,6-7,11-12H,5,8-10,13H2,1-2H3,(H,24,26)(H,25,27). The first-order chi connectivity index (χ1) is 14.0. The lowest BCUT2D eigenvalue weighted by atomic mass is 10.0. The van der Waals surface area contributed by atoms with Crippen LogP contribution in [0.5, 0.6) is 11.5 Å². The van der Waals surface area contributed by atoms with Gasteiger partial charge in [-0.1, -0.05) is 18.2 Å². The molecule has 0 fully saturated rings. The van der Waals surface area contributed by atoms with Crippen molar-refractivity contribution in [3.63, 3.8) is 0 Å². The Hall–Kier alpha value is -3.28. The Morgan fingerprint density at radius 2 is 1.90 bits per heavy atom. The third-order valence-electron chi connectivity index (χ3n) is 5.42. The summed E-state index contributed by atoms with van der Waals surface area (Å²) < 4.78 is 10.7. The van der Waals surface area contributed by atoms with E-state index in [-0.39, 0.29) is 18.3 Å². The minimum absolute atomic E-state index is 0.0358. The number of carbonyl (C=O) groups excluding carboxylic acids is 1. The van der Waals surface area contributed by atoms with E-state index in [0.29, 0.717) is 31.4 Å². The summed E-state index contributed by atoms with van der Waals surface area (Å²) in [6, 6.07) is 11.7. The Morgan fingerprint density at radius 1 is 1.07 bits per heavy atom. The molecule has 150 valence electrons. The van der Waals surface area contributed by atoms with E-state index in [1.165, 1.54) is 0 Å². The van der Waals surface area contributed by atoms with Gasteiger partial charge in [0.05, 0.1) is 5.52 Å². The summed E-state index contributed by atoms with van der Waals surface area (Å²) >= 11 is 0. The van der Waals surface area contributed by atoms with Gasteiger partial charge in [0.15, 0.2) is 11.5 Å². The maximum absolute atomic E-state index is 12.4. The number of nitrogens with one attached hydrogen (secondary N) is 2. The molecule has 0 saturated heterocycles. The van der Waals surface area contributed by atoms with E-state index in [1.807, 2.05) is 44.2 Å². The smallest absolute Gasteiger partial charge is 0.251 e. The number of ether oxygens (including phenoxy) is 2. The molecule has 1 aliphatic rings. The minimum Gasteiger partial charge on any atom is -0.454 e. The fourth-order valence-electron chi connectivity index (χ4n) is 3.54. The minimum atomic E-state index is -0.0965. The molecule has 4 rings (SSSR count). The Kier molecular flexibility index (Phi) is 5.25. The summed E-state index contributed by atoms with van der Waals surface area (Å²) in [5, 5.41) is 3.91. The highest BCUT2D eigenvalue weighted by Crippen LogP contribution is 2.32. The number of hydrogen-bond acceptors (Lipinski definition) is 4. The Morgan fingerprint density at radius 3 is 2.76 bits per heavy atom. The predicted octanol–water partition coefficient (Wildman–Crippen LogP) is 3.17. The summed E-state index contributed by atoms with van der Waals surface area (Å²) in [6.07, 6.45) is 1.50. The van der Waals surface area contributed by atoms with Crippen LogP contribution in [0.3, 0.4) is 0 Å². The first kappa shape index (κ1) is 19.1. The molecule has 0 radical (unpaired) electrons. The van der Waals surface area contributed by atoms with Crippen LogP contribution < -0.4 is 20.3 Å². The van der Waals surface area contributed by atoms with E-state index in [1.54, 1.807) is 0 Å². The Balaban J connectivity index is 1.31. The number of aryl methyl sites for hydroxylation is 3. The molecular weight excluding hydrogens is 368 g/mol. The van der Waals surface area contributed by atoms with E-state index in [0.717, 1.165) is 39.1 Å². The Bertz CT molecular complexity index is 1130. The number of fused-ring (bicyclic) bond motifs is 2. The number of benzene rings is 2. The van der Waals surface area contributed by atoms with Crippen molar-refractivity contribution in [3.05, 3.63) is 69.0 Å². The van der Waals surface area contributed by atoms with Crippen LogP contribution in [0.1, 0.15) is 28.7 Å². The van der Waals surface area contributed by atoms with Crippen molar-refractivity contribution < 1.29 is 14.3 Å². The monoisotopic (exact) mass is 392 g/mol. The highest BCUT2D eigenvalue weighted by Gasteiger charge is 2.13. The normalized spacial score (nSPS) is 12.3. The SMILES string of the molecule is Cc1ccc2cc(CCNC(=O)CCc3ccc4c(c3)OCO4)c(=O)[nH]c2c1C. The van der Waals surface area contributed by atoms with E-state index >= 15 is 0 Å². The van der Waals surface area contributed by atoms with Crippen LogP contribution in [0.4, 0.5) is 0 Å². The highest BCUT2D eigenvalue weighted by atomic mass is 16.7. The van der Waals surface area contributed by atoms with Gasteiger partial charge in [0.25, 0.3) is 5.56 Å². The second kappa shape index (κ2) is 7.99. The summed E-state index contributed by atoms with van der Waals surface area (Å²) in [6.45, 7) is 4.71. The van der Waals surface area contributed by atoms with Crippen LogP contribution in [0.15, 0.2) is 41.2 Å². The average molecular weight is 392 g/mol. The molecule has 0 aliphatic carbocycles. The summed E-state index contributed by atoms with van der Waals surface area (Å²) in [5.74, 6) is 1.43. The summed E-state index contributed by atoms with van der Waals surface area (Å²) in [4.78, 5) is 27.5. The fraction of sp³-hybridized carbons (Fsp3) is 0.304. The van der Waals surface area contributed by atoms with Crippen molar-refractivity contribution >= 4 is 16.8 Å². The van der Waals surface area contributed by atoms with Crippen LogP contribution in [0.2, 0.25) is 0 Å². The lowest BCUT2D eigenvalue weighted by Crippen LogP contribution is -2.27. The third-order valence-corrected chi connectivity index (χ3v) is 5.42. The fourth-order valence-corrected chi connectivity index (χ4v) is 3.54. The van der Waals surface area contributed by atoms with Crippen molar-refractivity contribution in [2.75, 3.05) is 13.3 Å². The number of rotatable bonds is 6. The largest absolute Gasteiger partial charge is 0.454 e. The third kappa shape index (κ3) is 4.11. The van der Waals surface area contributed by atoms with E-state index in [9.17, 15) is 9.59 Å². The van der Waals surface area contributed by atoms with E-state index < -0.39 is 0 Å². The van der Waals surface area contributed by atoms with Crippen LogP contribution in [-0.4, -0.2) is 24.2 Å². The number of carbonyl (C=O) groups is 1. The Labute approximate surface area is 168 Å². The molecule has 0 spiro atoms. The predicted molar refractivity (Wildman–Crippen MR) is 112 cm³/mol. The number of aromatic amines is 1. The molecule has 2 N–H and O–H groups in total. The van der Waals surface area contributed by atoms with E-state index in [2.05, 4.69) is 16.4 Å². The number of aromatic nitrogens is 1. The van der Waals surface area contributed by atoms with Gasteiger partial charge in [-0.3, -0.25) is 9.59 Å². The molecule has 3 aromatic rings. The highest BCUT2D eigenvalue weighted by molar-refractivity contribution is 5.83. The molecule has 0 bridgehead atoms. The van der Waals surface area contributed by atoms with Gasteiger partial charge in [0.2, 0.25) is 12.7 Å². The molecule has 1 aliphatic heterocycles. The quantitative estimate of drug-likeness (QED) is 0.675. The molecule has 1 aromatic heterocycles. The van der Waals surface area contributed by atoms with Gasteiger partial charge >= 0.3 is 0 Å². The van der Waals surface area contributed by atoms with Crippen LogP contribution in [0, 0.1) is 13.8 Å². The topological polar surface area (TPSA) is 80.4 Å². The number of amides is 1. The zero-order valence-electron chi connectivity index (χ0n) is 16.6. The van der Waals surface area contributed by atoms with Crippen molar-refractivity contribution in [1.82, 2.24) is 10.3 Å². The first-order valence-electron chi connectivity index (χ1n) is 9.78. The molecule has 2 aromatic carbocycles. The van der Waals surface area contributed by atoms with Gasteiger partial charge in [0.1, 0.15) is 0 Å². The molecule has 0 unspecified atom stereocenters. The van der Waals surface area contributed by atoms with Crippen molar-refractivity contribution in [2.45, 2.75) is 33.1 Å². The zero-order valence-corrected chi connectivity index (χ0v) is 16.6. The number of H-pyrrole nitrogens is 1. The molecule has 6 nitrogen and oxygen atoms in total. The summed E-state index contributed by atoms with van der Waals surface area (Å²) in [5.41, 5.74) is 4.73. The van der Waals surface area contributed by atoms with Gasteiger partial charge in [-0.15, -0.1) is 0 Å². The van der Waals surface area contributed by atoms with Gasteiger partial charge in [0, 0.05) is 18.5 Å². The van der Waals surface area contributed by atoms with Gasteiger partial charge < -0.3 is 19.8 Å². The van der Waals surface area contributed by atoms with Gasteiger partial charge in [-0.05, 0) is 67.0 Å². The molecule has 1 amide bonds. The molecule has 0 atom stereocenters. The molecule has 2 heterocycles. The van der Waals surface area contributed by atoms with Crippen molar-refractivity contribution in [1.29, 1.82) is 0 Å². The lowest BCUT2D eigenvalue weighted by molar-refractivity contribution is -0.121. The molecule has 29 heavy (non-hydrogen) atoms. The van der Waals surface area contributed by atoms with Crippen LogP contribution in [-0.2, 0) is 17.6 Å². The molecular formula is C23H24N2O4. The molecule has 0 saturated carbocycles. The first-order valence-corrected chi connectivity index (χ1v) is 9.78. The van der Waals surface area contributed by atoms with Crippen molar-refractivity contribution in [2.24, 2.45) is 0 Å². The second-order valence-electron chi connectivity index (χ2n) is 7.38. The zero-order chi connectivity index (χ0) is 20.4. The van der Waals surface area contributed by atoms with Crippen LogP contribution >= 0.6 is 0 Å².